The van der Waals surface area contributed by atoms with Crippen molar-refractivity contribution in [1.82, 2.24) is 4.90 Å². The van der Waals surface area contributed by atoms with Crippen LogP contribution in [-0.4, -0.2) is 34.5 Å². The van der Waals surface area contributed by atoms with E-state index in [1.165, 1.54) is 0 Å². The lowest BCUT2D eigenvalue weighted by Crippen LogP contribution is -2.38. The first-order valence-corrected chi connectivity index (χ1v) is 6.89. The van der Waals surface area contributed by atoms with Gasteiger partial charge < -0.3 is 10.0 Å². The van der Waals surface area contributed by atoms with Crippen molar-refractivity contribution in [1.29, 1.82) is 0 Å². The standard InChI is InChI=1S/C14H27NO3/c1-5-6-7-8-15(11(2)3)13(16)9-12(4)10-14(17)18/h11-12H,5-10H2,1-4H3,(H,17,18). The van der Waals surface area contributed by atoms with Gasteiger partial charge in [0.1, 0.15) is 0 Å². The lowest BCUT2D eigenvalue weighted by atomic mass is 10.0. The van der Waals surface area contributed by atoms with Gasteiger partial charge in [-0.2, -0.15) is 0 Å². The van der Waals surface area contributed by atoms with Crippen molar-refractivity contribution >= 4 is 11.9 Å². The molecule has 0 aromatic heterocycles. The molecular weight excluding hydrogens is 230 g/mol. The van der Waals surface area contributed by atoms with Crippen molar-refractivity contribution in [3.8, 4) is 0 Å². The number of hydrogen-bond acceptors (Lipinski definition) is 2. The van der Waals surface area contributed by atoms with Crippen molar-refractivity contribution in [2.75, 3.05) is 6.54 Å². The van der Waals surface area contributed by atoms with Crippen LogP contribution in [0.1, 0.15) is 59.8 Å². The Morgan fingerprint density at radius 3 is 2.17 bits per heavy atom. The van der Waals surface area contributed by atoms with Crippen LogP contribution < -0.4 is 0 Å². The molecule has 4 nitrogen and oxygen atoms in total. The second-order valence-electron chi connectivity index (χ2n) is 5.30. The van der Waals surface area contributed by atoms with Gasteiger partial charge >= 0.3 is 5.97 Å². The van der Waals surface area contributed by atoms with Crippen LogP contribution in [0.5, 0.6) is 0 Å². The largest absolute Gasteiger partial charge is 0.481 e. The smallest absolute Gasteiger partial charge is 0.303 e. The summed E-state index contributed by atoms with van der Waals surface area (Å²) in [5, 5.41) is 8.69. The van der Waals surface area contributed by atoms with Gasteiger partial charge in [0.25, 0.3) is 0 Å². The fourth-order valence-corrected chi connectivity index (χ4v) is 1.99. The first kappa shape index (κ1) is 16.9. The van der Waals surface area contributed by atoms with E-state index >= 15 is 0 Å². The summed E-state index contributed by atoms with van der Waals surface area (Å²) in [5.41, 5.74) is 0. The maximum atomic E-state index is 12.1. The molecule has 0 saturated carbocycles. The maximum Gasteiger partial charge on any atom is 0.303 e. The highest BCUT2D eigenvalue weighted by Gasteiger charge is 2.20. The zero-order valence-electron chi connectivity index (χ0n) is 12.1. The Hall–Kier alpha value is -1.06. The summed E-state index contributed by atoms with van der Waals surface area (Å²) in [4.78, 5) is 24.6. The van der Waals surface area contributed by atoms with Gasteiger partial charge in [0.15, 0.2) is 0 Å². The second-order valence-corrected chi connectivity index (χ2v) is 5.30. The predicted molar refractivity (Wildman–Crippen MR) is 72.4 cm³/mol. The van der Waals surface area contributed by atoms with E-state index in [0.29, 0.717) is 6.42 Å². The summed E-state index contributed by atoms with van der Waals surface area (Å²) in [6, 6.07) is 0.186. The summed E-state index contributed by atoms with van der Waals surface area (Å²) in [5.74, 6) is -0.852. The molecule has 0 rings (SSSR count). The topological polar surface area (TPSA) is 57.6 Å². The molecule has 0 saturated heterocycles. The molecule has 1 atom stereocenters. The Morgan fingerprint density at radius 1 is 1.11 bits per heavy atom. The van der Waals surface area contributed by atoms with Crippen LogP contribution in [-0.2, 0) is 9.59 Å². The van der Waals surface area contributed by atoms with E-state index in [2.05, 4.69) is 6.92 Å². The van der Waals surface area contributed by atoms with Crippen LogP contribution in [0, 0.1) is 5.92 Å². The van der Waals surface area contributed by atoms with Crippen LogP contribution in [0.3, 0.4) is 0 Å². The molecule has 1 N–H and O–H groups in total. The van der Waals surface area contributed by atoms with Gasteiger partial charge in [-0.3, -0.25) is 9.59 Å². The van der Waals surface area contributed by atoms with Crippen molar-refractivity contribution in [2.45, 2.75) is 65.8 Å². The van der Waals surface area contributed by atoms with E-state index in [9.17, 15) is 9.59 Å². The summed E-state index contributed by atoms with van der Waals surface area (Å²) >= 11 is 0. The Labute approximate surface area is 110 Å². The minimum atomic E-state index is -0.836. The van der Waals surface area contributed by atoms with Crippen molar-refractivity contribution in [3.05, 3.63) is 0 Å². The van der Waals surface area contributed by atoms with Crippen LogP contribution in [0.15, 0.2) is 0 Å². The van der Waals surface area contributed by atoms with E-state index in [0.717, 1.165) is 25.8 Å². The van der Waals surface area contributed by atoms with E-state index in [1.807, 2.05) is 25.7 Å². The maximum absolute atomic E-state index is 12.1. The summed E-state index contributed by atoms with van der Waals surface area (Å²) < 4.78 is 0. The molecule has 4 heteroatoms. The van der Waals surface area contributed by atoms with Gasteiger partial charge in [0.05, 0.1) is 0 Å². The highest BCUT2D eigenvalue weighted by molar-refractivity contribution is 5.77. The number of carboxylic acid groups (broad SMARTS) is 1. The molecule has 0 aromatic rings. The molecule has 18 heavy (non-hydrogen) atoms. The minimum absolute atomic E-state index is 0.0621. The van der Waals surface area contributed by atoms with Crippen molar-refractivity contribution in [3.63, 3.8) is 0 Å². The van der Waals surface area contributed by atoms with Gasteiger partial charge in [-0.15, -0.1) is 0 Å². The molecule has 0 aliphatic rings. The number of rotatable bonds is 9. The average Bonchev–Trinajstić information content (AvgIpc) is 2.22. The molecule has 0 aliphatic heterocycles. The molecule has 0 fully saturated rings. The molecule has 0 bridgehead atoms. The van der Waals surface area contributed by atoms with Gasteiger partial charge in [-0.1, -0.05) is 26.7 Å². The lowest BCUT2D eigenvalue weighted by Gasteiger charge is -2.28. The third kappa shape index (κ3) is 7.30. The van der Waals surface area contributed by atoms with E-state index in [-0.39, 0.29) is 24.3 Å². The molecule has 0 heterocycles. The number of amides is 1. The molecule has 106 valence electrons. The van der Waals surface area contributed by atoms with Gasteiger partial charge in [0.2, 0.25) is 5.91 Å². The zero-order valence-corrected chi connectivity index (χ0v) is 12.1. The number of carbonyl (C=O) groups excluding carboxylic acids is 1. The molecule has 0 aliphatic carbocycles. The first-order valence-electron chi connectivity index (χ1n) is 6.89. The van der Waals surface area contributed by atoms with E-state index < -0.39 is 5.97 Å². The monoisotopic (exact) mass is 257 g/mol. The third-order valence-corrected chi connectivity index (χ3v) is 2.99. The Bertz CT molecular complexity index is 264. The molecule has 1 amide bonds. The number of nitrogens with zero attached hydrogens (tertiary/aromatic N) is 1. The second kappa shape index (κ2) is 8.95. The summed E-state index contributed by atoms with van der Waals surface area (Å²) in [7, 11) is 0. The van der Waals surface area contributed by atoms with Crippen LogP contribution >= 0.6 is 0 Å². The Kier molecular flexibility index (Phi) is 8.42. The minimum Gasteiger partial charge on any atom is -0.481 e. The Morgan fingerprint density at radius 2 is 1.72 bits per heavy atom. The number of carbonyl (C=O) groups is 2. The van der Waals surface area contributed by atoms with Crippen LogP contribution in [0.4, 0.5) is 0 Å². The third-order valence-electron chi connectivity index (χ3n) is 2.99. The lowest BCUT2D eigenvalue weighted by molar-refractivity contribution is -0.138. The van der Waals surface area contributed by atoms with Crippen LogP contribution in [0.25, 0.3) is 0 Å². The quantitative estimate of drug-likeness (QED) is 0.646. The predicted octanol–water partition coefficient (Wildman–Crippen LogP) is 2.91. The van der Waals surface area contributed by atoms with Crippen LogP contribution in [0.2, 0.25) is 0 Å². The molecule has 1 unspecified atom stereocenters. The van der Waals surface area contributed by atoms with Gasteiger partial charge in [-0.05, 0) is 26.2 Å². The fraction of sp³-hybridized carbons (Fsp3) is 0.857. The first-order chi connectivity index (χ1) is 8.38. The zero-order chi connectivity index (χ0) is 14.1. The molecular formula is C14H27NO3. The normalized spacial score (nSPS) is 12.5. The molecule has 0 radical (unpaired) electrons. The SMILES string of the molecule is CCCCCN(C(=O)CC(C)CC(=O)O)C(C)C. The number of aliphatic carboxylic acids is 1. The highest BCUT2D eigenvalue weighted by atomic mass is 16.4. The van der Waals surface area contributed by atoms with Gasteiger partial charge in [0, 0.05) is 25.4 Å². The molecule has 0 aromatic carbocycles. The summed E-state index contributed by atoms with van der Waals surface area (Å²) in [6.07, 6.45) is 3.67. The van der Waals surface area contributed by atoms with E-state index in [1.54, 1.807) is 0 Å². The number of unbranched alkanes of at least 4 members (excludes halogenated alkanes) is 2. The highest BCUT2D eigenvalue weighted by Crippen LogP contribution is 2.13. The molecule has 0 spiro atoms. The number of carboxylic acids is 1. The summed E-state index contributed by atoms with van der Waals surface area (Å²) in [6.45, 7) is 8.74. The van der Waals surface area contributed by atoms with Gasteiger partial charge in [-0.25, -0.2) is 0 Å². The Balaban J connectivity index is 4.25. The van der Waals surface area contributed by atoms with Crippen molar-refractivity contribution in [2.24, 2.45) is 5.92 Å². The van der Waals surface area contributed by atoms with Crippen molar-refractivity contribution < 1.29 is 14.7 Å². The van der Waals surface area contributed by atoms with E-state index in [4.69, 9.17) is 5.11 Å². The fourth-order valence-electron chi connectivity index (χ4n) is 1.99. The average molecular weight is 257 g/mol. The number of hydrogen-bond donors (Lipinski definition) is 1.